The van der Waals surface area contributed by atoms with E-state index in [2.05, 4.69) is 10.2 Å². The van der Waals surface area contributed by atoms with Crippen molar-refractivity contribution in [3.8, 4) is 5.69 Å². The van der Waals surface area contributed by atoms with Gasteiger partial charge in [-0.15, -0.1) is 0 Å². The largest absolute Gasteiger partial charge is 0.356 e. The van der Waals surface area contributed by atoms with Crippen molar-refractivity contribution in [1.82, 2.24) is 14.8 Å². The second-order valence-corrected chi connectivity index (χ2v) is 6.71. The molecule has 0 radical (unpaired) electrons. The summed E-state index contributed by atoms with van der Waals surface area (Å²) in [6, 6.07) is 11.6. The molecule has 1 aliphatic heterocycles. The predicted octanol–water partition coefficient (Wildman–Crippen LogP) is 3.28. The van der Waals surface area contributed by atoms with Gasteiger partial charge < -0.3 is 14.8 Å². The number of halogens is 1. The van der Waals surface area contributed by atoms with Crippen molar-refractivity contribution in [2.45, 2.75) is 25.7 Å². The summed E-state index contributed by atoms with van der Waals surface area (Å²) in [5.41, 5.74) is 1.94. The number of benzene rings is 1. The second kappa shape index (κ2) is 8.36. The highest BCUT2D eigenvalue weighted by Gasteiger charge is 2.11. The second-order valence-electron chi connectivity index (χ2n) is 6.28. The standard InChI is InChI=1S/C19H24ClN3O/c20-16-6-3-7-17(14-16)23-13-4-8-18(23)15-19(24)21-9-5-12-22-10-1-2-11-22/h3-4,6-8,13-14H,1-2,5,9-12,15H2,(H,21,24). The molecule has 1 amide bonds. The fourth-order valence-corrected chi connectivity index (χ4v) is 3.39. The molecule has 128 valence electrons. The van der Waals surface area contributed by atoms with E-state index in [1.807, 2.05) is 47.2 Å². The first-order chi connectivity index (χ1) is 11.7. The van der Waals surface area contributed by atoms with Gasteiger partial charge in [0, 0.05) is 29.1 Å². The number of aromatic nitrogens is 1. The van der Waals surface area contributed by atoms with Gasteiger partial charge in [-0.2, -0.15) is 0 Å². The molecule has 0 unspecified atom stereocenters. The van der Waals surface area contributed by atoms with E-state index in [1.54, 1.807) is 0 Å². The molecule has 0 aliphatic carbocycles. The fourth-order valence-electron chi connectivity index (χ4n) is 3.20. The van der Waals surface area contributed by atoms with Gasteiger partial charge in [0.05, 0.1) is 6.42 Å². The normalized spacial score (nSPS) is 14.9. The minimum Gasteiger partial charge on any atom is -0.356 e. The van der Waals surface area contributed by atoms with Crippen LogP contribution in [0.15, 0.2) is 42.6 Å². The van der Waals surface area contributed by atoms with Crippen LogP contribution in [0.2, 0.25) is 5.02 Å². The van der Waals surface area contributed by atoms with Gasteiger partial charge in [-0.3, -0.25) is 4.79 Å². The quantitative estimate of drug-likeness (QED) is 0.782. The van der Waals surface area contributed by atoms with E-state index in [0.29, 0.717) is 11.4 Å². The Morgan fingerprint density at radius 3 is 2.79 bits per heavy atom. The molecule has 1 saturated heterocycles. The molecule has 24 heavy (non-hydrogen) atoms. The molecule has 1 aromatic heterocycles. The van der Waals surface area contributed by atoms with Crippen molar-refractivity contribution in [2.75, 3.05) is 26.2 Å². The zero-order valence-electron chi connectivity index (χ0n) is 13.9. The topological polar surface area (TPSA) is 37.3 Å². The maximum absolute atomic E-state index is 12.2. The van der Waals surface area contributed by atoms with E-state index >= 15 is 0 Å². The molecule has 0 saturated carbocycles. The minimum absolute atomic E-state index is 0.0680. The number of carbonyl (C=O) groups excluding carboxylic acids is 1. The lowest BCUT2D eigenvalue weighted by atomic mass is 10.2. The van der Waals surface area contributed by atoms with Gasteiger partial charge in [-0.25, -0.2) is 0 Å². The summed E-state index contributed by atoms with van der Waals surface area (Å²) in [4.78, 5) is 14.7. The van der Waals surface area contributed by atoms with E-state index in [4.69, 9.17) is 11.6 Å². The summed E-state index contributed by atoms with van der Waals surface area (Å²) in [5, 5.41) is 3.72. The van der Waals surface area contributed by atoms with Crippen LogP contribution in [0.25, 0.3) is 5.69 Å². The monoisotopic (exact) mass is 345 g/mol. The van der Waals surface area contributed by atoms with Crippen LogP contribution in [0.3, 0.4) is 0 Å². The van der Waals surface area contributed by atoms with E-state index in [1.165, 1.54) is 25.9 Å². The first-order valence-corrected chi connectivity index (χ1v) is 9.01. The van der Waals surface area contributed by atoms with Gasteiger partial charge in [-0.1, -0.05) is 17.7 Å². The van der Waals surface area contributed by atoms with Crippen LogP contribution in [0.5, 0.6) is 0 Å². The smallest absolute Gasteiger partial charge is 0.225 e. The van der Waals surface area contributed by atoms with Crippen LogP contribution in [-0.4, -0.2) is 41.6 Å². The zero-order chi connectivity index (χ0) is 16.8. The van der Waals surface area contributed by atoms with Crippen molar-refractivity contribution in [1.29, 1.82) is 0 Å². The van der Waals surface area contributed by atoms with Gasteiger partial charge >= 0.3 is 0 Å². The fraction of sp³-hybridized carbons (Fsp3) is 0.421. The molecule has 2 heterocycles. The van der Waals surface area contributed by atoms with Gasteiger partial charge in [0.15, 0.2) is 0 Å². The average Bonchev–Trinajstić information content (AvgIpc) is 3.23. The predicted molar refractivity (Wildman–Crippen MR) is 97.8 cm³/mol. The molecule has 5 heteroatoms. The Hall–Kier alpha value is -1.78. The first kappa shape index (κ1) is 17.1. The number of rotatable bonds is 7. The molecule has 0 bridgehead atoms. The number of nitrogens with zero attached hydrogens (tertiary/aromatic N) is 2. The van der Waals surface area contributed by atoms with E-state index in [0.717, 1.165) is 30.9 Å². The highest BCUT2D eigenvalue weighted by molar-refractivity contribution is 6.30. The Kier molecular flexibility index (Phi) is 5.94. The van der Waals surface area contributed by atoms with E-state index in [9.17, 15) is 4.79 Å². The minimum atomic E-state index is 0.0680. The third-order valence-electron chi connectivity index (χ3n) is 4.43. The summed E-state index contributed by atoms with van der Waals surface area (Å²) in [5.74, 6) is 0.0680. The average molecular weight is 346 g/mol. The maximum Gasteiger partial charge on any atom is 0.225 e. The lowest BCUT2D eigenvalue weighted by Crippen LogP contribution is -2.30. The third kappa shape index (κ3) is 4.62. The Labute approximate surface area is 148 Å². The van der Waals surface area contributed by atoms with Crippen LogP contribution < -0.4 is 5.32 Å². The van der Waals surface area contributed by atoms with Crippen molar-refractivity contribution >= 4 is 17.5 Å². The highest BCUT2D eigenvalue weighted by atomic mass is 35.5. The molecule has 1 aliphatic rings. The summed E-state index contributed by atoms with van der Waals surface area (Å²) in [7, 11) is 0. The molecular weight excluding hydrogens is 322 g/mol. The Bertz CT molecular complexity index is 677. The van der Waals surface area contributed by atoms with Crippen LogP contribution in [0, 0.1) is 0 Å². The molecule has 0 atom stereocenters. The van der Waals surface area contributed by atoms with Crippen molar-refractivity contribution in [3.63, 3.8) is 0 Å². The number of amides is 1. The molecule has 4 nitrogen and oxygen atoms in total. The van der Waals surface area contributed by atoms with Crippen LogP contribution in [0.1, 0.15) is 25.0 Å². The Balaban J connectivity index is 1.49. The Morgan fingerprint density at radius 2 is 2.00 bits per heavy atom. The van der Waals surface area contributed by atoms with Gasteiger partial charge in [0.1, 0.15) is 0 Å². The maximum atomic E-state index is 12.2. The first-order valence-electron chi connectivity index (χ1n) is 8.63. The molecule has 1 aromatic carbocycles. The summed E-state index contributed by atoms with van der Waals surface area (Å²) in [6.45, 7) is 4.24. The number of likely N-dealkylation sites (tertiary alicyclic amines) is 1. The molecule has 1 fully saturated rings. The van der Waals surface area contributed by atoms with Crippen LogP contribution in [-0.2, 0) is 11.2 Å². The summed E-state index contributed by atoms with van der Waals surface area (Å²) in [6.07, 6.45) is 5.98. The number of carbonyl (C=O) groups is 1. The Morgan fingerprint density at radius 1 is 1.17 bits per heavy atom. The number of nitrogens with one attached hydrogen (secondary N) is 1. The summed E-state index contributed by atoms with van der Waals surface area (Å²) < 4.78 is 2.01. The van der Waals surface area contributed by atoms with E-state index in [-0.39, 0.29) is 5.91 Å². The van der Waals surface area contributed by atoms with Gasteiger partial charge in [0.25, 0.3) is 0 Å². The number of hydrogen-bond acceptors (Lipinski definition) is 2. The van der Waals surface area contributed by atoms with E-state index < -0.39 is 0 Å². The molecular formula is C19H24ClN3O. The molecule has 1 N–H and O–H groups in total. The third-order valence-corrected chi connectivity index (χ3v) is 4.67. The zero-order valence-corrected chi connectivity index (χ0v) is 14.6. The highest BCUT2D eigenvalue weighted by Crippen LogP contribution is 2.17. The van der Waals surface area contributed by atoms with Gasteiger partial charge in [-0.05, 0) is 69.2 Å². The van der Waals surface area contributed by atoms with Crippen LogP contribution >= 0.6 is 11.6 Å². The summed E-state index contributed by atoms with van der Waals surface area (Å²) >= 11 is 6.06. The van der Waals surface area contributed by atoms with Crippen LogP contribution in [0.4, 0.5) is 0 Å². The lowest BCUT2D eigenvalue weighted by molar-refractivity contribution is -0.120. The van der Waals surface area contributed by atoms with Crippen molar-refractivity contribution in [3.05, 3.63) is 53.3 Å². The SMILES string of the molecule is O=C(Cc1cccn1-c1cccc(Cl)c1)NCCCN1CCCC1. The lowest BCUT2D eigenvalue weighted by Gasteiger charge is -2.14. The van der Waals surface area contributed by atoms with Gasteiger partial charge in [0.2, 0.25) is 5.91 Å². The van der Waals surface area contributed by atoms with Crippen molar-refractivity contribution < 1.29 is 4.79 Å². The molecule has 0 spiro atoms. The molecule has 2 aromatic rings. The van der Waals surface area contributed by atoms with Crippen molar-refractivity contribution in [2.24, 2.45) is 0 Å². The number of hydrogen-bond donors (Lipinski definition) is 1. The molecule has 3 rings (SSSR count).